The molecule has 2 aliphatic rings. The van der Waals surface area contributed by atoms with Crippen molar-refractivity contribution in [1.82, 2.24) is 9.80 Å². The van der Waals surface area contributed by atoms with Crippen LogP contribution in [0.4, 0.5) is 0 Å². The van der Waals surface area contributed by atoms with Crippen LogP contribution >= 0.6 is 0 Å². The van der Waals surface area contributed by atoms with Crippen molar-refractivity contribution >= 4 is 23.7 Å². The van der Waals surface area contributed by atoms with Crippen molar-refractivity contribution in [1.29, 1.82) is 0 Å². The first-order chi connectivity index (χ1) is 13.0. The van der Waals surface area contributed by atoms with Crippen LogP contribution in [0.25, 0.3) is 0 Å². The number of carbonyl (C=O) groups is 4. The Labute approximate surface area is 158 Å². The molecule has 7 heteroatoms. The van der Waals surface area contributed by atoms with Crippen molar-refractivity contribution < 1.29 is 23.9 Å². The van der Waals surface area contributed by atoms with E-state index in [-0.39, 0.29) is 29.7 Å². The Bertz CT molecular complexity index is 740. The van der Waals surface area contributed by atoms with Crippen LogP contribution in [-0.2, 0) is 14.3 Å². The lowest BCUT2D eigenvalue weighted by molar-refractivity contribution is -0.156. The zero-order chi connectivity index (χ0) is 19.6. The average molecular weight is 372 g/mol. The van der Waals surface area contributed by atoms with Gasteiger partial charge in [-0.05, 0) is 44.7 Å². The summed E-state index contributed by atoms with van der Waals surface area (Å²) in [6.07, 6.45) is 3.87. The second kappa shape index (κ2) is 7.90. The Morgan fingerprint density at radius 1 is 1.15 bits per heavy atom. The van der Waals surface area contributed by atoms with Gasteiger partial charge in [0.25, 0.3) is 17.7 Å². The molecular formula is C20H24N2O5. The first-order valence-corrected chi connectivity index (χ1v) is 9.38. The molecule has 0 aromatic heterocycles. The Kier molecular flexibility index (Phi) is 5.58. The number of benzene rings is 1. The second-order valence-corrected chi connectivity index (χ2v) is 6.95. The van der Waals surface area contributed by atoms with Crippen LogP contribution in [0, 0.1) is 0 Å². The van der Waals surface area contributed by atoms with E-state index < -0.39 is 23.8 Å². The van der Waals surface area contributed by atoms with Crippen LogP contribution in [0.15, 0.2) is 24.3 Å². The Hall–Kier alpha value is -2.70. The summed E-state index contributed by atoms with van der Waals surface area (Å²) in [4.78, 5) is 52.3. The number of hydrogen-bond donors (Lipinski definition) is 0. The van der Waals surface area contributed by atoms with Crippen LogP contribution in [0.2, 0.25) is 0 Å². The van der Waals surface area contributed by atoms with E-state index in [4.69, 9.17) is 4.74 Å². The van der Waals surface area contributed by atoms with E-state index in [0.717, 1.165) is 30.6 Å². The lowest BCUT2D eigenvalue weighted by atomic mass is 10.00. The minimum Gasteiger partial charge on any atom is -0.454 e. The largest absolute Gasteiger partial charge is 0.454 e. The third kappa shape index (κ3) is 3.59. The minimum atomic E-state index is -1.09. The Balaban J connectivity index is 1.61. The summed E-state index contributed by atoms with van der Waals surface area (Å²) in [6, 6.07) is 5.53. The van der Waals surface area contributed by atoms with Gasteiger partial charge in [0, 0.05) is 12.6 Å². The van der Waals surface area contributed by atoms with E-state index in [9.17, 15) is 19.2 Å². The van der Waals surface area contributed by atoms with Crippen LogP contribution in [-0.4, -0.2) is 58.7 Å². The number of likely N-dealkylation sites (tertiary alicyclic amines) is 1. The van der Waals surface area contributed by atoms with Crippen LogP contribution in [0.1, 0.15) is 60.2 Å². The smallest absolute Gasteiger partial charge is 0.329 e. The normalized spacial score (nSPS) is 20.4. The molecule has 2 aliphatic heterocycles. The third-order valence-corrected chi connectivity index (χ3v) is 5.31. The van der Waals surface area contributed by atoms with Gasteiger partial charge in [0.2, 0.25) is 0 Å². The second-order valence-electron chi connectivity index (χ2n) is 6.95. The van der Waals surface area contributed by atoms with E-state index in [0.29, 0.717) is 6.54 Å². The van der Waals surface area contributed by atoms with Gasteiger partial charge >= 0.3 is 5.97 Å². The number of amides is 3. The summed E-state index contributed by atoms with van der Waals surface area (Å²) in [5, 5.41) is 0. The third-order valence-electron chi connectivity index (χ3n) is 5.31. The average Bonchev–Trinajstić information content (AvgIpc) is 2.96. The number of fused-ring (bicyclic) bond motifs is 1. The topological polar surface area (TPSA) is 84.0 Å². The molecule has 1 aromatic carbocycles. The standard InChI is InChI=1S/C20H24N2O5/c1-3-14-8-6-7-11-21(14)17(23)12-27-20(26)13(2)22-18(24)15-9-4-5-10-16(15)19(22)25/h4-5,9-10,13-14H,3,6-8,11-12H2,1-2H3. The number of esters is 1. The van der Waals surface area contributed by atoms with Crippen molar-refractivity contribution in [2.45, 2.75) is 51.6 Å². The number of ether oxygens (including phenoxy) is 1. The highest BCUT2D eigenvalue weighted by Gasteiger charge is 2.41. The van der Waals surface area contributed by atoms with Crippen molar-refractivity contribution in [3.05, 3.63) is 35.4 Å². The van der Waals surface area contributed by atoms with Crippen LogP contribution < -0.4 is 0 Å². The van der Waals surface area contributed by atoms with Gasteiger partial charge in [0.1, 0.15) is 6.04 Å². The first-order valence-electron chi connectivity index (χ1n) is 9.38. The molecule has 1 fully saturated rings. The van der Waals surface area contributed by atoms with Crippen molar-refractivity contribution in [3.63, 3.8) is 0 Å². The van der Waals surface area contributed by atoms with E-state index in [2.05, 4.69) is 0 Å². The summed E-state index contributed by atoms with van der Waals surface area (Å²) >= 11 is 0. The van der Waals surface area contributed by atoms with Crippen molar-refractivity contribution in [2.75, 3.05) is 13.2 Å². The van der Waals surface area contributed by atoms with Gasteiger partial charge in [0.05, 0.1) is 11.1 Å². The lowest BCUT2D eigenvalue weighted by Gasteiger charge is -2.35. The number of nitrogens with zero attached hydrogens (tertiary/aromatic N) is 2. The maximum absolute atomic E-state index is 12.4. The molecule has 3 rings (SSSR count). The van der Waals surface area contributed by atoms with Crippen LogP contribution in [0.5, 0.6) is 0 Å². The molecule has 0 saturated carbocycles. The molecule has 7 nitrogen and oxygen atoms in total. The molecule has 3 amide bonds. The molecular weight excluding hydrogens is 348 g/mol. The molecule has 0 radical (unpaired) electrons. The summed E-state index contributed by atoms with van der Waals surface area (Å²) in [5.41, 5.74) is 0.551. The number of rotatable bonds is 5. The molecule has 0 aliphatic carbocycles. The highest BCUT2D eigenvalue weighted by atomic mass is 16.5. The highest BCUT2D eigenvalue weighted by molar-refractivity contribution is 6.22. The number of hydrogen-bond acceptors (Lipinski definition) is 5. The fourth-order valence-corrected chi connectivity index (χ4v) is 3.75. The minimum absolute atomic E-state index is 0.179. The fraction of sp³-hybridized carbons (Fsp3) is 0.500. The highest BCUT2D eigenvalue weighted by Crippen LogP contribution is 2.25. The molecule has 1 aromatic rings. The first kappa shape index (κ1) is 19.1. The molecule has 144 valence electrons. The summed E-state index contributed by atoms with van der Waals surface area (Å²) in [6.45, 7) is 3.77. The monoisotopic (exact) mass is 372 g/mol. The molecule has 0 N–H and O–H groups in total. The quantitative estimate of drug-likeness (QED) is 0.583. The Morgan fingerprint density at radius 3 is 2.37 bits per heavy atom. The van der Waals surface area contributed by atoms with Crippen LogP contribution in [0.3, 0.4) is 0 Å². The van der Waals surface area contributed by atoms with E-state index in [1.807, 2.05) is 6.92 Å². The predicted octanol–water partition coefficient (Wildman–Crippen LogP) is 2.01. The van der Waals surface area contributed by atoms with Crippen molar-refractivity contribution in [2.24, 2.45) is 0 Å². The maximum atomic E-state index is 12.4. The maximum Gasteiger partial charge on any atom is 0.329 e. The summed E-state index contributed by atoms with van der Waals surface area (Å²) in [5.74, 6) is -2.03. The van der Waals surface area contributed by atoms with Gasteiger partial charge in [-0.2, -0.15) is 0 Å². The van der Waals surface area contributed by atoms with Gasteiger partial charge in [0.15, 0.2) is 6.61 Å². The predicted molar refractivity (Wildman–Crippen MR) is 97.0 cm³/mol. The molecule has 1 saturated heterocycles. The number of carbonyl (C=O) groups excluding carboxylic acids is 4. The van der Waals surface area contributed by atoms with Gasteiger partial charge in [-0.3, -0.25) is 19.3 Å². The summed E-state index contributed by atoms with van der Waals surface area (Å²) in [7, 11) is 0. The van der Waals surface area contributed by atoms with Gasteiger partial charge < -0.3 is 9.64 Å². The number of imide groups is 1. The molecule has 2 heterocycles. The van der Waals surface area contributed by atoms with E-state index in [1.54, 1.807) is 29.2 Å². The molecule has 0 bridgehead atoms. The zero-order valence-electron chi connectivity index (χ0n) is 15.6. The molecule has 0 spiro atoms. The lowest BCUT2D eigenvalue weighted by Crippen LogP contribution is -2.47. The number of piperidine rings is 1. The zero-order valence-corrected chi connectivity index (χ0v) is 15.6. The molecule has 2 atom stereocenters. The fourth-order valence-electron chi connectivity index (χ4n) is 3.75. The van der Waals surface area contributed by atoms with Crippen molar-refractivity contribution in [3.8, 4) is 0 Å². The van der Waals surface area contributed by atoms with Gasteiger partial charge in [-0.15, -0.1) is 0 Å². The Morgan fingerprint density at radius 2 is 1.78 bits per heavy atom. The SMILES string of the molecule is CCC1CCCCN1C(=O)COC(=O)C(C)N1C(=O)c2ccccc2C1=O. The van der Waals surface area contributed by atoms with Gasteiger partial charge in [-0.25, -0.2) is 4.79 Å². The molecule has 2 unspecified atom stereocenters. The summed E-state index contributed by atoms with van der Waals surface area (Å²) < 4.78 is 5.14. The van der Waals surface area contributed by atoms with Gasteiger partial charge in [-0.1, -0.05) is 19.1 Å². The van der Waals surface area contributed by atoms with E-state index in [1.165, 1.54) is 6.92 Å². The van der Waals surface area contributed by atoms with E-state index >= 15 is 0 Å². The molecule has 27 heavy (non-hydrogen) atoms.